The zero-order valence-corrected chi connectivity index (χ0v) is 13.8. The largest absolute Gasteiger partial charge is 0.450 e. The van der Waals surface area contributed by atoms with Gasteiger partial charge in [0, 0.05) is 9.86 Å². The van der Waals surface area contributed by atoms with Crippen molar-refractivity contribution in [2.75, 3.05) is 11.9 Å². The lowest BCUT2D eigenvalue weighted by Crippen LogP contribution is -2.21. The van der Waals surface area contributed by atoms with Crippen LogP contribution in [0.4, 0.5) is 10.1 Å². The first-order valence-electron chi connectivity index (χ1n) is 6.93. The molecule has 1 amide bonds. The van der Waals surface area contributed by atoms with Gasteiger partial charge in [0.15, 0.2) is 6.61 Å². The summed E-state index contributed by atoms with van der Waals surface area (Å²) in [6, 6.07) is 12.8. The summed E-state index contributed by atoms with van der Waals surface area (Å²) in [4.78, 5) is 23.7. The highest BCUT2D eigenvalue weighted by molar-refractivity contribution is 9.10. The van der Waals surface area contributed by atoms with Crippen molar-refractivity contribution in [1.82, 2.24) is 0 Å². The van der Waals surface area contributed by atoms with Crippen molar-refractivity contribution < 1.29 is 23.1 Å². The molecule has 1 heterocycles. The molecule has 0 aliphatic carbocycles. The number of anilines is 1. The van der Waals surface area contributed by atoms with E-state index in [1.165, 1.54) is 18.2 Å². The topological polar surface area (TPSA) is 68.5 Å². The van der Waals surface area contributed by atoms with Gasteiger partial charge in [0.1, 0.15) is 11.4 Å². The molecule has 0 saturated heterocycles. The molecule has 3 aromatic rings. The highest BCUT2D eigenvalue weighted by Gasteiger charge is 2.16. The van der Waals surface area contributed by atoms with Gasteiger partial charge in [-0.1, -0.05) is 34.1 Å². The second-order valence-electron chi connectivity index (χ2n) is 4.90. The Morgan fingerprint density at radius 3 is 2.71 bits per heavy atom. The fourth-order valence-electron chi connectivity index (χ4n) is 2.06. The van der Waals surface area contributed by atoms with E-state index in [-0.39, 0.29) is 11.4 Å². The molecule has 1 N–H and O–H groups in total. The number of hydrogen-bond acceptors (Lipinski definition) is 4. The van der Waals surface area contributed by atoms with Crippen LogP contribution in [0.1, 0.15) is 10.6 Å². The minimum atomic E-state index is -0.766. The first-order valence-corrected chi connectivity index (χ1v) is 7.73. The van der Waals surface area contributed by atoms with Crippen molar-refractivity contribution in [3.63, 3.8) is 0 Å². The lowest BCUT2D eigenvalue weighted by atomic mass is 10.2. The molecule has 24 heavy (non-hydrogen) atoms. The SMILES string of the molecule is O=C(COC(=O)c1cc2ccccc2o1)Nc1ccc(Br)cc1F. The standard InChI is InChI=1S/C17H11BrFNO4/c18-11-5-6-13(12(19)8-11)20-16(21)9-23-17(22)15-7-10-3-1-2-4-14(10)24-15/h1-8H,9H2,(H,20,21). The van der Waals surface area contributed by atoms with E-state index < -0.39 is 24.3 Å². The zero-order chi connectivity index (χ0) is 17.1. The van der Waals surface area contributed by atoms with Crippen molar-refractivity contribution in [2.45, 2.75) is 0 Å². The molecule has 0 saturated carbocycles. The third kappa shape index (κ3) is 3.62. The Hall–Kier alpha value is -2.67. The van der Waals surface area contributed by atoms with E-state index in [1.807, 2.05) is 6.07 Å². The van der Waals surface area contributed by atoms with Crippen molar-refractivity contribution in [3.05, 3.63) is 64.6 Å². The normalized spacial score (nSPS) is 10.6. The molecule has 7 heteroatoms. The lowest BCUT2D eigenvalue weighted by Gasteiger charge is -2.07. The average Bonchev–Trinajstić information content (AvgIpc) is 2.99. The molecule has 0 atom stereocenters. The molecule has 2 aromatic carbocycles. The van der Waals surface area contributed by atoms with Crippen molar-refractivity contribution in [1.29, 1.82) is 0 Å². The summed E-state index contributed by atoms with van der Waals surface area (Å²) in [5.41, 5.74) is 0.550. The minimum absolute atomic E-state index is 0.00109. The second-order valence-corrected chi connectivity index (χ2v) is 5.81. The lowest BCUT2D eigenvalue weighted by molar-refractivity contribution is -0.119. The molecule has 0 aliphatic heterocycles. The zero-order valence-electron chi connectivity index (χ0n) is 12.2. The van der Waals surface area contributed by atoms with Crippen LogP contribution in [0.25, 0.3) is 11.0 Å². The summed E-state index contributed by atoms with van der Waals surface area (Å²) in [5.74, 6) is -2.02. The number of ether oxygens (including phenoxy) is 1. The molecule has 122 valence electrons. The number of halogens is 2. The number of para-hydroxylation sites is 1. The summed E-state index contributed by atoms with van der Waals surface area (Å²) in [5, 5.41) is 3.08. The van der Waals surface area contributed by atoms with Crippen LogP contribution in [0.2, 0.25) is 0 Å². The van der Waals surface area contributed by atoms with Gasteiger partial charge in [-0.25, -0.2) is 9.18 Å². The summed E-state index contributed by atoms with van der Waals surface area (Å²) < 4.78 is 24.4. The fraction of sp³-hybridized carbons (Fsp3) is 0.0588. The predicted molar refractivity (Wildman–Crippen MR) is 89.2 cm³/mol. The maximum absolute atomic E-state index is 13.6. The molecular weight excluding hydrogens is 381 g/mol. The molecule has 0 bridgehead atoms. The monoisotopic (exact) mass is 391 g/mol. The summed E-state index contributed by atoms with van der Waals surface area (Å²) in [6.45, 7) is -0.550. The molecule has 0 unspecified atom stereocenters. The van der Waals surface area contributed by atoms with Gasteiger partial charge >= 0.3 is 5.97 Å². The van der Waals surface area contributed by atoms with Gasteiger partial charge in [-0.05, 0) is 30.3 Å². The Morgan fingerprint density at radius 2 is 1.96 bits per heavy atom. The number of esters is 1. The van der Waals surface area contributed by atoms with Gasteiger partial charge in [-0.3, -0.25) is 4.79 Å². The molecule has 0 spiro atoms. The Kier molecular flexibility index (Phi) is 4.61. The maximum atomic E-state index is 13.6. The highest BCUT2D eigenvalue weighted by atomic mass is 79.9. The van der Waals surface area contributed by atoms with Crippen LogP contribution >= 0.6 is 15.9 Å². The van der Waals surface area contributed by atoms with Crippen LogP contribution in [0.5, 0.6) is 0 Å². The van der Waals surface area contributed by atoms with E-state index in [0.717, 1.165) is 5.39 Å². The minimum Gasteiger partial charge on any atom is -0.450 e. The van der Waals surface area contributed by atoms with Crippen LogP contribution in [-0.2, 0) is 9.53 Å². The third-order valence-corrected chi connectivity index (χ3v) is 3.66. The van der Waals surface area contributed by atoms with Crippen LogP contribution in [0.15, 0.2) is 57.4 Å². The van der Waals surface area contributed by atoms with E-state index in [9.17, 15) is 14.0 Å². The van der Waals surface area contributed by atoms with Crippen molar-refractivity contribution in [2.24, 2.45) is 0 Å². The Morgan fingerprint density at radius 1 is 1.17 bits per heavy atom. The molecule has 1 aromatic heterocycles. The van der Waals surface area contributed by atoms with E-state index in [2.05, 4.69) is 21.2 Å². The maximum Gasteiger partial charge on any atom is 0.374 e. The van der Waals surface area contributed by atoms with Crippen molar-refractivity contribution >= 4 is 44.5 Å². The van der Waals surface area contributed by atoms with Gasteiger partial charge in [-0.15, -0.1) is 0 Å². The van der Waals surface area contributed by atoms with Crippen LogP contribution in [0, 0.1) is 5.82 Å². The summed E-state index contributed by atoms with van der Waals surface area (Å²) in [7, 11) is 0. The predicted octanol–water partition coefficient (Wildman–Crippen LogP) is 4.13. The molecular formula is C17H11BrFNO4. The third-order valence-electron chi connectivity index (χ3n) is 3.17. The average molecular weight is 392 g/mol. The highest BCUT2D eigenvalue weighted by Crippen LogP contribution is 2.20. The number of carbonyl (C=O) groups is 2. The summed E-state index contributed by atoms with van der Waals surface area (Å²) >= 11 is 3.12. The van der Waals surface area contributed by atoms with Gasteiger partial charge in [0.2, 0.25) is 5.76 Å². The van der Waals surface area contributed by atoms with E-state index in [4.69, 9.17) is 9.15 Å². The number of carbonyl (C=O) groups excluding carboxylic acids is 2. The van der Waals surface area contributed by atoms with Gasteiger partial charge < -0.3 is 14.5 Å². The number of hydrogen-bond donors (Lipinski definition) is 1. The number of fused-ring (bicyclic) bond motifs is 1. The smallest absolute Gasteiger partial charge is 0.374 e. The Balaban J connectivity index is 1.60. The Labute approximate surface area is 144 Å². The number of benzene rings is 2. The van der Waals surface area contributed by atoms with E-state index in [0.29, 0.717) is 10.1 Å². The Bertz CT molecular complexity index is 889. The van der Waals surface area contributed by atoms with Crippen molar-refractivity contribution in [3.8, 4) is 0 Å². The fourth-order valence-corrected chi connectivity index (χ4v) is 2.39. The summed E-state index contributed by atoms with van der Waals surface area (Å²) in [6.07, 6.45) is 0. The van der Waals surface area contributed by atoms with Gasteiger partial charge in [0.25, 0.3) is 5.91 Å². The van der Waals surface area contributed by atoms with Crippen LogP contribution in [0.3, 0.4) is 0 Å². The first-order chi connectivity index (χ1) is 11.5. The molecule has 5 nitrogen and oxygen atoms in total. The number of amides is 1. The molecule has 0 aliphatic rings. The molecule has 3 rings (SSSR count). The van der Waals surface area contributed by atoms with E-state index in [1.54, 1.807) is 24.3 Å². The molecule has 0 fully saturated rings. The van der Waals surface area contributed by atoms with E-state index >= 15 is 0 Å². The van der Waals surface area contributed by atoms with Crippen LogP contribution < -0.4 is 5.32 Å². The number of rotatable bonds is 4. The quantitative estimate of drug-likeness (QED) is 0.678. The van der Waals surface area contributed by atoms with Gasteiger partial charge in [-0.2, -0.15) is 0 Å². The molecule has 0 radical (unpaired) electrons. The second kappa shape index (κ2) is 6.84. The number of nitrogens with one attached hydrogen (secondary N) is 1. The number of furan rings is 1. The van der Waals surface area contributed by atoms with Gasteiger partial charge in [0.05, 0.1) is 5.69 Å². The van der Waals surface area contributed by atoms with Crippen LogP contribution in [-0.4, -0.2) is 18.5 Å². The first kappa shape index (κ1) is 16.2.